The molecule has 0 atom stereocenters. The lowest BCUT2D eigenvalue weighted by atomic mass is 9.75. The molecule has 1 aliphatic rings. The summed E-state index contributed by atoms with van der Waals surface area (Å²) in [5.74, 6) is 0.189. The highest BCUT2D eigenvalue weighted by Gasteiger charge is 2.35. The molecule has 0 unspecified atom stereocenters. The summed E-state index contributed by atoms with van der Waals surface area (Å²) in [6.07, 6.45) is 1.31. The molecule has 1 heterocycles. The predicted molar refractivity (Wildman–Crippen MR) is 73.3 cm³/mol. The van der Waals surface area contributed by atoms with Crippen LogP contribution in [-0.2, 0) is 6.42 Å². The van der Waals surface area contributed by atoms with E-state index in [1.165, 1.54) is 0 Å². The first-order valence-electron chi connectivity index (χ1n) is 6.26. The van der Waals surface area contributed by atoms with Crippen molar-refractivity contribution in [2.45, 2.75) is 33.6 Å². The summed E-state index contributed by atoms with van der Waals surface area (Å²) in [6, 6.07) is -0.737. The Hall–Kier alpha value is -2.31. The molecule has 108 valence electrons. The lowest BCUT2D eigenvalue weighted by Crippen LogP contribution is -2.31. The number of furan rings is 1. The van der Waals surface area contributed by atoms with E-state index in [1.54, 1.807) is 6.92 Å². The van der Waals surface area contributed by atoms with Gasteiger partial charge in [0.25, 0.3) is 5.91 Å². The van der Waals surface area contributed by atoms with E-state index in [-0.39, 0.29) is 11.2 Å². The lowest BCUT2D eigenvalue weighted by molar-refractivity contribution is 0.0970. The maximum atomic E-state index is 11.4. The zero-order valence-electron chi connectivity index (χ0n) is 11.7. The molecule has 2 rings (SSSR count). The molecule has 1 aliphatic carbocycles. The lowest BCUT2D eigenvalue weighted by Gasteiger charge is -2.29. The van der Waals surface area contributed by atoms with Crippen molar-refractivity contribution in [2.75, 3.05) is 0 Å². The molecule has 0 spiro atoms. The van der Waals surface area contributed by atoms with E-state index in [2.05, 4.69) is 24.4 Å². The normalized spacial score (nSPS) is 18.6. The molecule has 3 amide bonds. The van der Waals surface area contributed by atoms with Crippen LogP contribution in [0.4, 0.5) is 4.79 Å². The van der Waals surface area contributed by atoms with Gasteiger partial charge in [-0.05, 0) is 18.8 Å². The van der Waals surface area contributed by atoms with Gasteiger partial charge in [0.2, 0.25) is 0 Å². The number of fused-ring (bicyclic) bond motifs is 1. The van der Waals surface area contributed by atoms with Gasteiger partial charge in [0.15, 0.2) is 5.76 Å². The third-order valence-electron chi connectivity index (χ3n) is 3.32. The topological polar surface area (TPSA) is 124 Å². The predicted octanol–water partition coefficient (Wildman–Crippen LogP) is 1.03. The molecule has 0 bridgehead atoms. The molecule has 5 N–H and O–H groups in total. The monoisotopic (exact) mass is 278 g/mol. The fraction of sp³-hybridized carbons (Fsp3) is 0.462. The SMILES string of the molecule is Cc1c(C(N)=O)oc2c1/C(=N\NC(N)=O)CC(C)(C)C2. The van der Waals surface area contributed by atoms with Gasteiger partial charge in [0, 0.05) is 17.5 Å². The maximum Gasteiger partial charge on any atom is 0.332 e. The van der Waals surface area contributed by atoms with Gasteiger partial charge < -0.3 is 15.9 Å². The molecule has 1 aromatic heterocycles. The Labute approximate surface area is 116 Å². The number of amides is 3. The highest BCUT2D eigenvalue weighted by molar-refractivity contribution is 6.06. The van der Waals surface area contributed by atoms with Crippen LogP contribution in [0.1, 0.15) is 47.7 Å². The molecule has 0 aliphatic heterocycles. The third kappa shape index (κ3) is 2.52. The Balaban J connectivity index is 2.55. The van der Waals surface area contributed by atoms with Crippen molar-refractivity contribution >= 4 is 17.6 Å². The molecule has 7 heteroatoms. The minimum Gasteiger partial charge on any atom is -0.455 e. The van der Waals surface area contributed by atoms with Crippen LogP contribution >= 0.6 is 0 Å². The van der Waals surface area contributed by atoms with Crippen LogP contribution in [0.25, 0.3) is 0 Å². The summed E-state index contributed by atoms with van der Waals surface area (Å²) in [5.41, 5.74) is 14.5. The summed E-state index contributed by atoms with van der Waals surface area (Å²) in [4.78, 5) is 22.2. The molecular weight excluding hydrogens is 260 g/mol. The number of hydrazone groups is 1. The fourth-order valence-corrected chi connectivity index (χ4v) is 2.57. The summed E-state index contributed by atoms with van der Waals surface area (Å²) in [5, 5.41) is 4.03. The number of nitrogens with two attached hydrogens (primary N) is 2. The zero-order chi connectivity index (χ0) is 15.1. The quantitative estimate of drug-likeness (QED) is 0.700. The van der Waals surface area contributed by atoms with Crippen molar-refractivity contribution in [2.24, 2.45) is 22.0 Å². The number of hydrogen-bond donors (Lipinski definition) is 3. The molecule has 0 saturated heterocycles. The smallest absolute Gasteiger partial charge is 0.332 e. The molecule has 7 nitrogen and oxygen atoms in total. The number of rotatable bonds is 2. The van der Waals surface area contributed by atoms with Crippen molar-refractivity contribution in [1.29, 1.82) is 0 Å². The molecule has 0 saturated carbocycles. The van der Waals surface area contributed by atoms with Crippen LogP contribution in [0.15, 0.2) is 9.52 Å². The average Bonchev–Trinajstić information content (AvgIpc) is 2.62. The number of hydrogen-bond acceptors (Lipinski definition) is 4. The van der Waals surface area contributed by atoms with E-state index >= 15 is 0 Å². The van der Waals surface area contributed by atoms with Crippen LogP contribution in [0.3, 0.4) is 0 Å². The Kier molecular flexibility index (Phi) is 3.29. The molecule has 1 aromatic rings. The van der Waals surface area contributed by atoms with E-state index in [0.717, 1.165) is 5.56 Å². The van der Waals surface area contributed by atoms with Crippen molar-refractivity contribution in [3.8, 4) is 0 Å². The number of urea groups is 1. The van der Waals surface area contributed by atoms with Crippen LogP contribution in [0.2, 0.25) is 0 Å². The van der Waals surface area contributed by atoms with Gasteiger partial charge in [-0.15, -0.1) is 0 Å². The van der Waals surface area contributed by atoms with E-state index in [9.17, 15) is 9.59 Å². The second-order valence-electron chi connectivity index (χ2n) is 5.77. The highest BCUT2D eigenvalue weighted by Crippen LogP contribution is 2.38. The van der Waals surface area contributed by atoms with E-state index in [4.69, 9.17) is 15.9 Å². The number of nitrogens with zero attached hydrogens (tertiary/aromatic N) is 1. The van der Waals surface area contributed by atoms with Gasteiger partial charge >= 0.3 is 6.03 Å². The van der Waals surface area contributed by atoms with Crippen molar-refractivity contribution in [1.82, 2.24) is 5.43 Å². The third-order valence-corrected chi connectivity index (χ3v) is 3.32. The number of nitrogens with one attached hydrogen (secondary N) is 1. The zero-order valence-corrected chi connectivity index (χ0v) is 11.7. The Morgan fingerprint density at radius 2 is 1.95 bits per heavy atom. The summed E-state index contributed by atoms with van der Waals surface area (Å²) < 4.78 is 5.57. The second kappa shape index (κ2) is 4.66. The molecular formula is C13H18N4O3. The van der Waals surface area contributed by atoms with Gasteiger partial charge in [-0.25, -0.2) is 10.2 Å². The first-order valence-corrected chi connectivity index (χ1v) is 6.26. The van der Waals surface area contributed by atoms with Gasteiger partial charge in [-0.1, -0.05) is 13.8 Å². The van der Waals surface area contributed by atoms with Crippen molar-refractivity contribution in [3.63, 3.8) is 0 Å². The molecule has 20 heavy (non-hydrogen) atoms. The Morgan fingerprint density at radius 3 is 2.50 bits per heavy atom. The average molecular weight is 278 g/mol. The molecule has 0 radical (unpaired) electrons. The molecule has 0 aromatic carbocycles. The van der Waals surface area contributed by atoms with E-state index in [1.807, 2.05) is 0 Å². The van der Waals surface area contributed by atoms with Gasteiger partial charge in [-0.3, -0.25) is 4.79 Å². The first kappa shape index (κ1) is 14.1. The summed E-state index contributed by atoms with van der Waals surface area (Å²) in [7, 11) is 0. The Bertz CT molecular complexity index is 613. The Morgan fingerprint density at radius 1 is 1.30 bits per heavy atom. The molecule has 0 fully saturated rings. The standard InChI is InChI=1S/C13H18N4O3/c1-6-9-7(16-17-12(15)19)4-13(2,3)5-8(9)20-10(6)11(14)18/h4-5H2,1-3H3,(H2,14,18)(H3,15,17,19)/b16-7-. The van der Waals surface area contributed by atoms with Crippen LogP contribution in [-0.4, -0.2) is 17.6 Å². The van der Waals surface area contributed by atoms with Crippen LogP contribution in [0.5, 0.6) is 0 Å². The largest absolute Gasteiger partial charge is 0.455 e. The number of carbonyl (C=O) groups excluding carboxylic acids is 2. The number of carbonyl (C=O) groups is 2. The summed E-state index contributed by atoms with van der Waals surface area (Å²) >= 11 is 0. The van der Waals surface area contributed by atoms with Gasteiger partial charge in [0.05, 0.1) is 5.71 Å². The fourth-order valence-electron chi connectivity index (χ4n) is 2.57. The van der Waals surface area contributed by atoms with E-state index in [0.29, 0.717) is 29.9 Å². The minimum atomic E-state index is -0.737. The second-order valence-corrected chi connectivity index (χ2v) is 5.77. The van der Waals surface area contributed by atoms with Crippen molar-refractivity contribution < 1.29 is 14.0 Å². The number of primary amides is 2. The van der Waals surface area contributed by atoms with Crippen molar-refractivity contribution in [3.05, 3.63) is 22.6 Å². The first-order chi connectivity index (χ1) is 9.21. The highest BCUT2D eigenvalue weighted by atomic mass is 16.4. The maximum absolute atomic E-state index is 11.4. The van der Waals surface area contributed by atoms with Crippen LogP contribution in [0, 0.1) is 12.3 Å². The minimum absolute atomic E-state index is 0.0929. The van der Waals surface area contributed by atoms with Gasteiger partial charge in [0.1, 0.15) is 5.76 Å². The van der Waals surface area contributed by atoms with E-state index < -0.39 is 11.9 Å². The summed E-state index contributed by atoms with van der Waals surface area (Å²) in [6.45, 7) is 5.86. The van der Waals surface area contributed by atoms with Gasteiger partial charge in [-0.2, -0.15) is 5.10 Å². The van der Waals surface area contributed by atoms with Crippen LogP contribution < -0.4 is 16.9 Å².